The molecule has 22 heavy (non-hydrogen) atoms. The highest BCUT2D eigenvalue weighted by Crippen LogP contribution is 2.18. The van der Waals surface area contributed by atoms with Crippen LogP contribution in [0.25, 0.3) is 0 Å². The van der Waals surface area contributed by atoms with Crippen molar-refractivity contribution in [1.29, 1.82) is 0 Å². The molecule has 0 radical (unpaired) electrons. The largest absolute Gasteiger partial charge is 0.348 e. The Morgan fingerprint density at radius 1 is 1.18 bits per heavy atom. The molecule has 2 aliphatic rings. The van der Waals surface area contributed by atoms with Crippen molar-refractivity contribution in [2.75, 3.05) is 0 Å². The Bertz CT molecular complexity index is 577. The van der Waals surface area contributed by atoms with E-state index in [-0.39, 0.29) is 17.9 Å². The van der Waals surface area contributed by atoms with E-state index in [1.54, 1.807) is 0 Å². The number of amides is 2. The van der Waals surface area contributed by atoms with Gasteiger partial charge in [0, 0.05) is 18.9 Å². The van der Waals surface area contributed by atoms with Crippen molar-refractivity contribution in [3.63, 3.8) is 0 Å². The van der Waals surface area contributed by atoms with Gasteiger partial charge in [-0.2, -0.15) is 5.10 Å². The fraction of sp³-hybridized carbons (Fsp3) is 0.471. The fourth-order valence-corrected chi connectivity index (χ4v) is 2.98. The van der Waals surface area contributed by atoms with E-state index in [2.05, 4.69) is 10.4 Å². The summed E-state index contributed by atoms with van der Waals surface area (Å²) in [5.41, 5.74) is 1.49. The molecule has 5 nitrogen and oxygen atoms in total. The summed E-state index contributed by atoms with van der Waals surface area (Å²) in [6.07, 6.45) is 5.23. The van der Waals surface area contributed by atoms with Gasteiger partial charge in [0.1, 0.15) is 5.71 Å². The molecule has 1 aromatic carbocycles. The van der Waals surface area contributed by atoms with Crippen molar-refractivity contribution >= 4 is 17.5 Å². The lowest BCUT2D eigenvalue weighted by Crippen LogP contribution is -2.42. The number of hydrogen-bond donors (Lipinski definition) is 1. The minimum Gasteiger partial charge on any atom is -0.348 e. The van der Waals surface area contributed by atoms with E-state index in [0.29, 0.717) is 25.1 Å². The highest BCUT2D eigenvalue weighted by Gasteiger charge is 2.26. The van der Waals surface area contributed by atoms with E-state index in [0.717, 1.165) is 18.4 Å². The highest BCUT2D eigenvalue weighted by atomic mass is 16.2. The van der Waals surface area contributed by atoms with E-state index < -0.39 is 0 Å². The van der Waals surface area contributed by atoms with Crippen LogP contribution >= 0.6 is 0 Å². The maximum atomic E-state index is 12.3. The van der Waals surface area contributed by atoms with Crippen molar-refractivity contribution in [2.24, 2.45) is 5.10 Å². The molecule has 2 amide bonds. The first-order valence-corrected chi connectivity index (χ1v) is 7.95. The molecule has 0 spiro atoms. The van der Waals surface area contributed by atoms with Crippen LogP contribution in [0.1, 0.15) is 44.1 Å². The van der Waals surface area contributed by atoms with Crippen LogP contribution in [-0.4, -0.2) is 28.6 Å². The van der Waals surface area contributed by atoms with Crippen LogP contribution in [0.5, 0.6) is 0 Å². The van der Waals surface area contributed by atoms with Crippen molar-refractivity contribution < 1.29 is 9.59 Å². The van der Waals surface area contributed by atoms with Crippen LogP contribution in [0.3, 0.4) is 0 Å². The predicted molar refractivity (Wildman–Crippen MR) is 84.1 cm³/mol. The molecule has 0 aromatic heterocycles. The van der Waals surface area contributed by atoms with Gasteiger partial charge in [-0.3, -0.25) is 9.59 Å². The number of hydrazone groups is 1. The summed E-state index contributed by atoms with van der Waals surface area (Å²) in [5.74, 6) is -0.140. The van der Waals surface area contributed by atoms with Crippen LogP contribution in [0.15, 0.2) is 35.4 Å². The van der Waals surface area contributed by atoms with Crippen molar-refractivity contribution in [3.8, 4) is 0 Å². The van der Waals surface area contributed by atoms with Crippen molar-refractivity contribution in [2.45, 2.75) is 51.1 Å². The van der Waals surface area contributed by atoms with Crippen LogP contribution in [-0.2, 0) is 16.1 Å². The first-order valence-electron chi connectivity index (χ1n) is 7.95. The topological polar surface area (TPSA) is 61.8 Å². The van der Waals surface area contributed by atoms with Gasteiger partial charge in [0.05, 0.1) is 6.54 Å². The molecule has 1 aliphatic carbocycles. The first kappa shape index (κ1) is 14.8. The minimum atomic E-state index is -0.113. The Hall–Kier alpha value is -2.17. The summed E-state index contributed by atoms with van der Waals surface area (Å²) < 4.78 is 0. The van der Waals surface area contributed by atoms with Crippen molar-refractivity contribution in [1.82, 2.24) is 10.3 Å². The molecule has 0 bridgehead atoms. The third kappa shape index (κ3) is 3.53. The first-order chi connectivity index (χ1) is 10.7. The fourth-order valence-electron chi connectivity index (χ4n) is 2.98. The highest BCUT2D eigenvalue weighted by molar-refractivity contribution is 6.39. The maximum absolute atomic E-state index is 12.3. The van der Waals surface area contributed by atoms with E-state index in [4.69, 9.17) is 0 Å². The second-order valence-electron chi connectivity index (χ2n) is 5.94. The third-order valence-corrected chi connectivity index (χ3v) is 4.23. The van der Waals surface area contributed by atoms with Crippen LogP contribution in [0.2, 0.25) is 0 Å². The molecule has 1 aliphatic heterocycles. The Morgan fingerprint density at radius 3 is 2.64 bits per heavy atom. The van der Waals surface area contributed by atoms with Crippen LogP contribution in [0.4, 0.5) is 0 Å². The Kier molecular flexibility index (Phi) is 4.51. The Balaban J connectivity index is 1.67. The summed E-state index contributed by atoms with van der Waals surface area (Å²) in [6.45, 7) is 0.417. The predicted octanol–water partition coefficient (Wildman–Crippen LogP) is 2.22. The van der Waals surface area contributed by atoms with Gasteiger partial charge in [-0.25, -0.2) is 5.01 Å². The summed E-state index contributed by atoms with van der Waals surface area (Å²) >= 11 is 0. The number of nitrogens with zero attached hydrogens (tertiary/aromatic N) is 2. The zero-order valence-corrected chi connectivity index (χ0v) is 12.6. The molecular weight excluding hydrogens is 278 g/mol. The normalized spacial score (nSPS) is 19.2. The lowest BCUT2D eigenvalue weighted by molar-refractivity contribution is -0.132. The van der Waals surface area contributed by atoms with E-state index in [9.17, 15) is 9.59 Å². The minimum absolute atomic E-state index is 0.0266. The number of hydrogen-bond acceptors (Lipinski definition) is 3. The molecule has 1 heterocycles. The summed E-state index contributed by atoms with van der Waals surface area (Å²) in [4.78, 5) is 24.3. The molecule has 0 saturated heterocycles. The zero-order valence-electron chi connectivity index (χ0n) is 12.6. The number of carbonyl (C=O) groups is 2. The maximum Gasteiger partial charge on any atom is 0.267 e. The molecule has 0 atom stereocenters. The number of carbonyl (C=O) groups excluding carboxylic acids is 2. The van der Waals surface area contributed by atoms with Gasteiger partial charge < -0.3 is 5.32 Å². The molecule has 3 rings (SSSR count). The van der Waals surface area contributed by atoms with Gasteiger partial charge in [0.2, 0.25) is 5.91 Å². The molecule has 0 unspecified atom stereocenters. The standard InChI is InChI=1S/C17H21N3O2/c21-16-11-10-15(17(22)18-14-8-4-5-9-14)19-20(16)12-13-6-2-1-3-7-13/h1-3,6-7,14H,4-5,8-12H2,(H,18,22). The monoisotopic (exact) mass is 299 g/mol. The van der Waals surface area contributed by atoms with Gasteiger partial charge in [0.25, 0.3) is 5.91 Å². The quantitative estimate of drug-likeness (QED) is 0.926. The van der Waals surface area contributed by atoms with Crippen molar-refractivity contribution in [3.05, 3.63) is 35.9 Å². The molecule has 1 aromatic rings. The van der Waals surface area contributed by atoms with Crippen LogP contribution in [0, 0.1) is 0 Å². The van der Waals surface area contributed by atoms with Gasteiger partial charge >= 0.3 is 0 Å². The van der Waals surface area contributed by atoms with E-state index in [1.165, 1.54) is 17.9 Å². The van der Waals surface area contributed by atoms with Crippen LogP contribution < -0.4 is 5.32 Å². The van der Waals surface area contributed by atoms with Gasteiger partial charge in [-0.1, -0.05) is 43.2 Å². The molecule has 116 valence electrons. The summed E-state index contributed by atoms with van der Waals surface area (Å²) in [6, 6.07) is 9.98. The average Bonchev–Trinajstić information content (AvgIpc) is 3.03. The zero-order chi connectivity index (χ0) is 15.4. The SMILES string of the molecule is O=C(NC1CCCC1)C1=NN(Cc2ccccc2)C(=O)CC1. The Morgan fingerprint density at radius 2 is 1.91 bits per heavy atom. The lowest BCUT2D eigenvalue weighted by atomic mass is 10.1. The van der Waals surface area contributed by atoms with Gasteiger partial charge in [0.15, 0.2) is 0 Å². The molecule has 1 saturated carbocycles. The van der Waals surface area contributed by atoms with Gasteiger partial charge in [-0.15, -0.1) is 0 Å². The molecule has 5 heteroatoms. The number of nitrogens with one attached hydrogen (secondary N) is 1. The second kappa shape index (κ2) is 6.73. The summed E-state index contributed by atoms with van der Waals surface area (Å²) in [5, 5.41) is 8.75. The Labute approximate surface area is 130 Å². The second-order valence-corrected chi connectivity index (χ2v) is 5.94. The number of benzene rings is 1. The molecule has 1 fully saturated rings. The lowest BCUT2D eigenvalue weighted by Gasteiger charge is -2.24. The third-order valence-electron chi connectivity index (χ3n) is 4.23. The smallest absolute Gasteiger partial charge is 0.267 e. The van der Waals surface area contributed by atoms with E-state index in [1.807, 2.05) is 30.3 Å². The molecule has 1 N–H and O–H groups in total. The molecular formula is C17H21N3O2. The number of rotatable bonds is 4. The summed E-state index contributed by atoms with van der Waals surface area (Å²) in [7, 11) is 0. The average molecular weight is 299 g/mol. The van der Waals surface area contributed by atoms with Gasteiger partial charge in [-0.05, 0) is 18.4 Å². The van der Waals surface area contributed by atoms with E-state index >= 15 is 0 Å².